The molecule has 3 nitrogen and oxygen atoms in total. The van der Waals surface area contributed by atoms with Gasteiger partial charge >= 0.3 is 0 Å². The Kier molecular flexibility index (Phi) is 3.31. The summed E-state index contributed by atoms with van der Waals surface area (Å²) in [6, 6.07) is 5.27. The average Bonchev–Trinajstić information content (AvgIpc) is 3.10. The van der Waals surface area contributed by atoms with Gasteiger partial charge in [0.05, 0.1) is 4.88 Å². The highest BCUT2D eigenvalue weighted by Crippen LogP contribution is 2.32. The number of rotatable bonds is 3. The molecule has 0 aliphatic rings. The number of nitrogens with zero attached hydrogens (tertiary/aromatic N) is 3. The lowest BCUT2D eigenvalue weighted by atomic mass is 10.1. The topological polar surface area (TPSA) is 30.7 Å². The number of aryl methyl sites for hydroxylation is 1. The van der Waals surface area contributed by atoms with Crippen LogP contribution in [-0.2, 0) is 0 Å². The molecule has 0 radical (unpaired) electrons. The number of hydrogen-bond acceptors (Lipinski definition) is 3. The smallest absolute Gasteiger partial charge is 0.236 e. The quantitative estimate of drug-likeness (QED) is 0.722. The van der Waals surface area contributed by atoms with Crippen molar-refractivity contribution >= 4 is 11.3 Å². The Labute approximate surface area is 118 Å². The standard InChI is InChI=1S/C14H11F2N3S/c1-9-5-10(11-6-12(13(15)16)20-8-11)7-17-14(9)19-4-2-3-18-19/h2-8,13H,1H3. The van der Waals surface area contributed by atoms with Crippen LogP contribution in [0.4, 0.5) is 8.78 Å². The summed E-state index contributed by atoms with van der Waals surface area (Å²) in [5, 5.41) is 5.86. The molecule has 20 heavy (non-hydrogen) atoms. The van der Waals surface area contributed by atoms with Crippen LogP contribution in [0.25, 0.3) is 16.9 Å². The summed E-state index contributed by atoms with van der Waals surface area (Å²) in [5.41, 5.74) is 2.55. The summed E-state index contributed by atoms with van der Waals surface area (Å²) in [6.45, 7) is 1.92. The lowest BCUT2D eigenvalue weighted by Gasteiger charge is -2.06. The molecule has 0 bridgehead atoms. The van der Waals surface area contributed by atoms with Gasteiger partial charge in [-0.3, -0.25) is 0 Å². The Balaban J connectivity index is 1.97. The molecule has 102 valence electrons. The second-order valence-electron chi connectivity index (χ2n) is 4.35. The molecule has 0 N–H and O–H groups in total. The minimum atomic E-state index is -2.42. The van der Waals surface area contributed by atoms with Crippen molar-refractivity contribution in [2.24, 2.45) is 0 Å². The lowest BCUT2D eigenvalue weighted by molar-refractivity contribution is 0.155. The van der Waals surface area contributed by atoms with E-state index in [0.29, 0.717) is 0 Å². The van der Waals surface area contributed by atoms with Crippen molar-refractivity contribution < 1.29 is 8.78 Å². The molecule has 0 saturated carbocycles. The fourth-order valence-corrected chi connectivity index (χ4v) is 2.74. The van der Waals surface area contributed by atoms with Crippen LogP contribution in [0.2, 0.25) is 0 Å². The van der Waals surface area contributed by atoms with Crippen molar-refractivity contribution in [3.05, 3.63) is 52.6 Å². The van der Waals surface area contributed by atoms with Crippen LogP contribution < -0.4 is 0 Å². The van der Waals surface area contributed by atoms with Gasteiger partial charge in [0.1, 0.15) is 0 Å². The summed E-state index contributed by atoms with van der Waals surface area (Å²) in [5.74, 6) is 0.739. The van der Waals surface area contributed by atoms with E-state index in [1.165, 1.54) is 6.07 Å². The monoisotopic (exact) mass is 291 g/mol. The number of halogens is 2. The third-order valence-corrected chi connectivity index (χ3v) is 3.88. The molecule has 0 aliphatic carbocycles. The maximum atomic E-state index is 12.6. The molecule has 0 saturated heterocycles. The lowest BCUT2D eigenvalue weighted by Crippen LogP contribution is -2.00. The zero-order valence-corrected chi connectivity index (χ0v) is 11.4. The van der Waals surface area contributed by atoms with E-state index in [2.05, 4.69) is 10.1 Å². The fraction of sp³-hybridized carbons (Fsp3) is 0.143. The number of pyridine rings is 1. The van der Waals surface area contributed by atoms with Crippen molar-refractivity contribution in [3.8, 4) is 16.9 Å². The maximum absolute atomic E-state index is 12.6. The van der Waals surface area contributed by atoms with E-state index in [9.17, 15) is 8.78 Å². The second-order valence-corrected chi connectivity index (χ2v) is 5.30. The van der Waals surface area contributed by atoms with Crippen molar-refractivity contribution in [2.45, 2.75) is 13.3 Å². The van der Waals surface area contributed by atoms with Gasteiger partial charge in [-0.15, -0.1) is 11.3 Å². The Hall–Kier alpha value is -2.08. The molecule has 3 heterocycles. The van der Waals surface area contributed by atoms with E-state index >= 15 is 0 Å². The van der Waals surface area contributed by atoms with Crippen LogP contribution >= 0.6 is 11.3 Å². The van der Waals surface area contributed by atoms with Crippen LogP contribution in [0.3, 0.4) is 0 Å². The van der Waals surface area contributed by atoms with Gasteiger partial charge in [0, 0.05) is 24.2 Å². The van der Waals surface area contributed by atoms with Crippen LogP contribution in [0, 0.1) is 6.92 Å². The molecule has 3 aromatic rings. The molecule has 0 fully saturated rings. The number of aromatic nitrogens is 3. The first-order valence-corrected chi connectivity index (χ1v) is 6.87. The van der Waals surface area contributed by atoms with Gasteiger partial charge in [-0.2, -0.15) is 5.10 Å². The first-order valence-electron chi connectivity index (χ1n) is 5.99. The third kappa shape index (κ3) is 2.34. The zero-order chi connectivity index (χ0) is 14.1. The average molecular weight is 291 g/mol. The normalized spacial score (nSPS) is 11.2. The molecule has 3 rings (SSSR count). The van der Waals surface area contributed by atoms with E-state index in [4.69, 9.17) is 0 Å². The van der Waals surface area contributed by atoms with Gasteiger partial charge in [0.25, 0.3) is 6.43 Å². The van der Waals surface area contributed by atoms with Crippen molar-refractivity contribution in [3.63, 3.8) is 0 Å². The van der Waals surface area contributed by atoms with E-state index in [1.807, 2.05) is 25.3 Å². The van der Waals surface area contributed by atoms with Crippen LogP contribution in [-0.4, -0.2) is 14.8 Å². The van der Waals surface area contributed by atoms with Crippen molar-refractivity contribution in [1.29, 1.82) is 0 Å². The Morgan fingerprint density at radius 2 is 2.10 bits per heavy atom. The Morgan fingerprint density at radius 3 is 2.70 bits per heavy atom. The van der Waals surface area contributed by atoms with E-state index in [1.54, 1.807) is 22.5 Å². The van der Waals surface area contributed by atoms with E-state index in [0.717, 1.165) is 33.8 Å². The van der Waals surface area contributed by atoms with Crippen molar-refractivity contribution in [2.75, 3.05) is 0 Å². The van der Waals surface area contributed by atoms with Gasteiger partial charge < -0.3 is 0 Å². The number of thiophene rings is 1. The van der Waals surface area contributed by atoms with Gasteiger partial charge in [0.15, 0.2) is 5.82 Å². The zero-order valence-electron chi connectivity index (χ0n) is 10.6. The molecule has 0 aromatic carbocycles. The molecule has 0 amide bonds. The fourth-order valence-electron chi connectivity index (χ4n) is 1.98. The molecule has 0 spiro atoms. The van der Waals surface area contributed by atoms with E-state index in [-0.39, 0.29) is 4.88 Å². The summed E-state index contributed by atoms with van der Waals surface area (Å²) < 4.78 is 26.9. The number of hydrogen-bond donors (Lipinski definition) is 0. The van der Waals surface area contributed by atoms with Crippen LogP contribution in [0.1, 0.15) is 16.9 Å². The predicted octanol–water partition coefficient (Wildman–Crippen LogP) is 4.24. The van der Waals surface area contributed by atoms with Gasteiger partial charge in [-0.1, -0.05) is 0 Å². The third-order valence-electron chi connectivity index (χ3n) is 2.94. The Bertz CT molecular complexity index is 720. The molecule has 0 aliphatic heterocycles. The SMILES string of the molecule is Cc1cc(-c2csc(C(F)F)c2)cnc1-n1cccn1. The summed E-state index contributed by atoms with van der Waals surface area (Å²) in [6.07, 6.45) is 2.75. The minimum absolute atomic E-state index is 0.0776. The largest absolute Gasteiger partial charge is 0.272 e. The summed E-state index contributed by atoms with van der Waals surface area (Å²) in [4.78, 5) is 4.45. The molecule has 0 unspecified atom stereocenters. The molecule has 3 aromatic heterocycles. The minimum Gasteiger partial charge on any atom is -0.236 e. The highest BCUT2D eigenvalue weighted by molar-refractivity contribution is 7.10. The summed E-state index contributed by atoms with van der Waals surface area (Å²) >= 11 is 1.06. The molecule has 6 heteroatoms. The highest BCUT2D eigenvalue weighted by Gasteiger charge is 2.12. The second kappa shape index (κ2) is 5.13. The van der Waals surface area contributed by atoms with Gasteiger partial charge in [-0.25, -0.2) is 18.4 Å². The molecular weight excluding hydrogens is 280 g/mol. The van der Waals surface area contributed by atoms with Gasteiger partial charge in [0.2, 0.25) is 0 Å². The first kappa shape index (κ1) is 12.9. The maximum Gasteiger partial charge on any atom is 0.272 e. The number of alkyl halides is 2. The first-order chi connectivity index (χ1) is 9.65. The van der Waals surface area contributed by atoms with Gasteiger partial charge in [-0.05, 0) is 41.6 Å². The van der Waals surface area contributed by atoms with Crippen molar-refractivity contribution in [1.82, 2.24) is 14.8 Å². The van der Waals surface area contributed by atoms with E-state index < -0.39 is 6.43 Å². The summed E-state index contributed by atoms with van der Waals surface area (Å²) in [7, 11) is 0. The van der Waals surface area contributed by atoms with Crippen LogP contribution in [0.5, 0.6) is 0 Å². The molecular formula is C14H11F2N3S. The van der Waals surface area contributed by atoms with Crippen LogP contribution in [0.15, 0.2) is 42.2 Å². The molecule has 0 atom stereocenters. The predicted molar refractivity (Wildman–Crippen MR) is 74.4 cm³/mol. The Morgan fingerprint density at radius 1 is 1.25 bits per heavy atom. The highest BCUT2D eigenvalue weighted by atomic mass is 32.1.